The van der Waals surface area contributed by atoms with Crippen LogP contribution in [0, 0.1) is 5.82 Å². The number of anilines is 1. The average molecular weight is 436 g/mol. The highest BCUT2D eigenvalue weighted by Crippen LogP contribution is 2.36. The van der Waals surface area contributed by atoms with Crippen molar-refractivity contribution in [2.75, 3.05) is 5.32 Å². The molecule has 2 aromatic heterocycles. The maximum absolute atomic E-state index is 14.0. The molecule has 1 aromatic carbocycles. The molecular formula is C18H15F7N4O. The van der Waals surface area contributed by atoms with Crippen LogP contribution in [-0.4, -0.2) is 25.1 Å². The van der Waals surface area contributed by atoms with Gasteiger partial charge in [-0.2, -0.15) is 26.3 Å². The molecule has 0 aliphatic heterocycles. The van der Waals surface area contributed by atoms with Crippen molar-refractivity contribution in [2.45, 2.75) is 37.8 Å². The lowest BCUT2D eigenvalue weighted by molar-refractivity contribution is -0.141. The first-order valence-corrected chi connectivity index (χ1v) is 8.45. The van der Waals surface area contributed by atoms with Crippen LogP contribution in [0.5, 0.6) is 0 Å². The van der Waals surface area contributed by atoms with Crippen molar-refractivity contribution in [2.24, 2.45) is 0 Å². The van der Waals surface area contributed by atoms with Gasteiger partial charge in [-0.1, -0.05) is 6.07 Å². The van der Waals surface area contributed by atoms with E-state index >= 15 is 0 Å². The van der Waals surface area contributed by atoms with E-state index < -0.39 is 41.1 Å². The molecule has 5 nitrogen and oxygen atoms in total. The number of hydrogen-bond acceptors (Lipinski definition) is 4. The van der Waals surface area contributed by atoms with Gasteiger partial charge in [-0.05, 0) is 31.5 Å². The van der Waals surface area contributed by atoms with Crippen molar-refractivity contribution >= 4 is 11.6 Å². The molecule has 162 valence electrons. The Morgan fingerprint density at radius 1 is 1.03 bits per heavy atom. The first-order chi connectivity index (χ1) is 13.7. The molecule has 0 aliphatic rings. The highest BCUT2D eigenvalue weighted by Gasteiger charge is 2.37. The summed E-state index contributed by atoms with van der Waals surface area (Å²) in [4.78, 5) is 7.29. The molecule has 2 heterocycles. The Balaban J connectivity index is 2.10. The Bertz CT molecular complexity index is 1070. The second kappa shape index (κ2) is 7.11. The fraction of sp³-hybridized carbons (Fsp3) is 0.333. The van der Waals surface area contributed by atoms with E-state index in [2.05, 4.69) is 15.3 Å². The molecule has 0 bridgehead atoms. The van der Waals surface area contributed by atoms with Crippen LogP contribution in [0.2, 0.25) is 0 Å². The van der Waals surface area contributed by atoms with E-state index in [0.717, 1.165) is 10.5 Å². The second-order valence-electron chi connectivity index (χ2n) is 7.09. The lowest BCUT2D eigenvalue weighted by Crippen LogP contribution is -2.35. The van der Waals surface area contributed by atoms with Crippen molar-refractivity contribution in [3.8, 4) is 0 Å². The van der Waals surface area contributed by atoms with E-state index in [1.54, 1.807) is 0 Å². The van der Waals surface area contributed by atoms with Gasteiger partial charge in [0.05, 0.1) is 17.2 Å². The highest BCUT2D eigenvalue weighted by molar-refractivity contribution is 5.49. The molecule has 0 spiro atoms. The van der Waals surface area contributed by atoms with Crippen LogP contribution in [0.3, 0.4) is 0 Å². The van der Waals surface area contributed by atoms with E-state index in [-0.39, 0.29) is 17.2 Å². The number of halogens is 7. The molecule has 0 amide bonds. The van der Waals surface area contributed by atoms with Gasteiger partial charge in [0.15, 0.2) is 5.69 Å². The van der Waals surface area contributed by atoms with Crippen LogP contribution in [0.4, 0.5) is 36.7 Å². The van der Waals surface area contributed by atoms with Gasteiger partial charge in [0, 0.05) is 18.5 Å². The Labute approximate surface area is 165 Å². The number of hydrogen-bond donors (Lipinski definition) is 2. The van der Waals surface area contributed by atoms with Crippen LogP contribution in [0.1, 0.15) is 36.7 Å². The van der Waals surface area contributed by atoms with Crippen molar-refractivity contribution in [1.82, 2.24) is 14.4 Å². The predicted molar refractivity (Wildman–Crippen MR) is 92.1 cm³/mol. The summed E-state index contributed by atoms with van der Waals surface area (Å²) in [6, 6.07) is 1.40. The smallest absolute Gasteiger partial charge is 0.388 e. The highest BCUT2D eigenvalue weighted by atomic mass is 19.4. The number of nitrogens with one attached hydrogen (secondary N) is 1. The number of benzene rings is 1. The maximum atomic E-state index is 14.0. The molecule has 0 radical (unpaired) electrons. The third kappa shape index (κ3) is 4.32. The molecule has 0 aliphatic carbocycles. The lowest BCUT2D eigenvalue weighted by Gasteiger charge is -2.31. The zero-order chi connectivity index (χ0) is 22.5. The molecule has 0 fully saturated rings. The fourth-order valence-electron chi connectivity index (χ4n) is 2.91. The van der Waals surface area contributed by atoms with E-state index in [9.17, 15) is 35.8 Å². The zero-order valence-corrected chi connectivity index (χ0v) is 15.5. The number of nitrogens with zero attached hydrogens (tertiary/aromatic N) is 3. The monoisotopic (exact) mass is 436 g/mol. The number of alkyl halides is 6. The number of aliphatic hydroxyl groups is 1. The summed E-state index contributed by atoms with van der Waals surface area (Å²) in [6.45, 7) is 2.53. The molecule has 2 N–H and O–H groups in total. The number of imidazole rings is 1. The van der Waals surface area contributed by atoms with Crippen LogP contribution >= 0.6 is 0 Å². The fourth-order valence-corrected chi connectivity index (χ4v) is 2.91. The summed E-state index contributed by atoms with van der Waals surface area (Å²) in [5, 5.41) is 13.1. The molecule has 3 rings (SSSR count). The maximum Gasteiger partial charge on any atom is 0.433 e. The molecule has 1 atom stereocenters. The van der Waals surface area contributed by atoms with Crippen LogP contribution in [0.15, 0.2) is 36.7 Å². The Hall–Kier alpha value is -2.89. The normalized spacial score (nSPS) is 14.2. The molecule has 30 heavy (non-hydrogen) atoms. The predicted octanol–water partition coefficient (Wildman–Crippen LogP) is 4.83. The molecule has 0 saturated heterocycles. The molecule has 0 unspecified atom stereocenters. The second-order valence-corrected chi connectivity index (χ2v) is 7.09. The summed E-state index contributed by atoms with van der Waals surface area (Å²) in [5.41, 5.74) is -4.73. The SMILES string of the molecule is CC(C)(O)[C@H](Nc1nc(C(F)(F)F)cc2nccn12)c1ccc(C(F)(F)F)c(F)c1. The third-order valence-electron chi connectivity index (χ3n) is 4.29. The van der Waals surface area contributed by atoms with Crippen LogP contribution < -0.4 is 5.32 Å². The standard InChI is InChI=1S/C18H15F7N4O/c1-16(2,30)14(9-3-4-10(11(19)7-9)17(20,21)22)28-15-27-12(18(23,24)25)8-13-26-5-6-29(13)15/h3-8,14,30H,1-2H3,(H,27,28)/t14-/m1/s1. The quantitative estimate of drug-likeness (QED) is 0.576. The summed E-state index contributed by atoms with van der Waals surface area (Å²) in [7, 11) is 0. The van der Waals surface area contributed by atoms with Crippen LogP contribution in [-0.2, 0) is 12.4 Å². The molecule has 0 saturated carbocycles. The summed E-state index contributed by atoms with van der Waals surface area (Å²) >= 11 is 0. The third-order valence-corrected chi connectivity index (χ3v) is 4.29. The molecule has 12 heteroatoms. The van der Waals surface area contributed by atoms with Gasteiger partial charge in [-0.25, -0.2) is 14.4 Å². The van der Waals surface area contributed by atoms with E-state index in [1.165, 1.54) is 26.2 Å². The number of fused-ring (bicyclic) bond motifs is 1. The Morgan fingerprint density at radius 2 is 1.70 bits per heavy atom. The minimum Gasteiger partial charge on any atom is -0.388 e. The molecular weight excluding hydrogens is 421 g/mol. The van der Waals surface area contributed by atoms with Gasteiger partial charge < -0.3 is 10.4 Å². The largest absolute Gasteiger partial charge is 0.433 e. The van der Waals surface area contributed by atoms with Gasteiger partial charge in [0.25, 0.3) is 0 Å². The van der Waals surface area contributed by atoms with Gasteiger partial charge in [0.2, 0.25) is 5.95 Å². The molecule has 3 aromatic rings. The van der Waals surface area contributed by atoms with Gasteiger partial charge in [-0.15, -0.1) is 0 Å². The van der Waals surface area contributed by atoms with Crippen molar-refractivity contribution in [1.29, 1.82) is 0 Å². The summed E-state index contributed by atoms with van der Waals surface area (Å²) < 4.78 is 93.2. The zero-order valence-electron chi connectivity index (χ0n) is 15.5. The Kier molecular flexibility index (Phi) is 5.17. The topological polar surface area (TPSA) is 62.5 Å². The van der Waals surface area contributed by atoms with Crippen LogP contribution in [0.25, 0.3) is 5.65 Å². The van der Waals surface area contributed by atoms with E-state index in [0.29, 0.717) is 18.2 Å². The van der Waals surface area contributed by atoms with Gasteiger partial charge in [0.1, 0.15) is 11.5 Å². The van der Waals surface area contributed by atoms with Gasteiger partial charge >= 0.3 is 12.4 Å². The van der Waals surface area contributed by atoms with Crippen molar-refractivity contribution in [3.63, 3.8) is 0 Å². The first-order valence-electron chi connectivity index (χ1n) is 8.45. The summed E-state index contributed by atoms with van der Waals surface area (Å²) in [5.74, 6) is -1.97. The number of aromatic nitrogens is 3. The average Bonchev–Trinajstić information content (AvgIpc) is 3.05. The van der Waals surface area contributed by atoms with Gasteiger partial charge in [-0.3, -0.25) is 4.40 Å². The minimum absolute atomic E-state index is 0.104. The Morgan fingerprint density at radius 3 is 2.23 bits per heavy atom. The van der Waals surface area contributed by atoms with Crippen molar-refractivity contribution in [3.05, 3.63) is 59.3 Å². The minimum atomic E-state index is -4.92. The van der Waals surface area contributed by atoms with Crippen molar-refractivity contribution < 1.29 is 35.8 Å². The summed E-state index contributed by atoms with van der Waals surface area (Å²) in [6.07, 6.45) is -7.19. The first kappa shape index (κ1) is 21.8. The van der Waals surface area contributed by atoms with E-state index in [4.69, 9.17) is 0 Å². The lowest BCUT2D eigenvalue weighted by atomic mass is 9.91. The van der Waals surface area contributed by atoms with E-state index in [1.807, 2.05) is 0 Å². The number of rotatable bonds is 4.